The minimum atomic E-state index is -2.53. The first-order valence-electron chi connectivity index (χ1n) is 5.19. The lowest BCUT2D eigenvalue weighted by molar-refractivity contribution is -0.0252. The minimum Gasteiger partial charge on any atom is -0.458 e. The maximum Gasteiger partial charge on any atom is 0.261 e. The average molecular weight is 242 g/mol. The molecule has 1 N–H and O–H groups in total. The van der Waals surface area contributed by atoms with Crippen LogP contribution in [-0.4, -0.2) is 24.7 Å². The first-order valence-corrected chi connectivity index (χ1v) is 5.19. The quantitative estimate of drug-likeness (QED) is 0.876. The van der Waals surface area contributed by atoms with Gasteiger partial charge in [-0.15, -0.1) is 0 Å². The van der Waals surface area contributed by atoms with Crippen LogP contribution in [0.15, 0.2) is 34.7 Å². The summed E-state index contributed by atoms with van der Waals surface area (Å²) in [5.74, 6) is 0.320. The van der Waals surface area contributed by atoms with Crippen LogP contribution in [0, 0.1) is 0 Å². The maximum atomic E-state index is 11.8. The lowest BCUT2D eigenvalue weighted by Gasteiger charge is -2.07. The topological polar surface area (TPSA) is 42.6 Å². The molecule has 5 heteroatoms. The van der Waals surface area contributed by atoms with Gasteiger partial charge in [0.05, 0.1) is 6.61 Å². The van der Waals surface area contributed by atoms with Gasteiger partial charge in [0.15, 0.2) is 0 Å². The number of aliphatic hydroxyl groups excluding tert-OH is 1. The van der Waals surface area contributed by atoms with Crippen molar-refractivity contribution in [1.29, 1.82) is 0 Å². The predicted molar refractivity (Wildman–Crippen MR) is 58.0 cm³/mol. The lowest BCUT2D eigenvalue weighted by Crippen LogP contribution is -2.11. The minimum absolute atomic E-state index is 0.204. The second-order valence-electron chi connectivity index (χ2n) is 3.63. The average Bonchev–Trinajstić information content (AvgIpc) is 2.71. The molecule has 0 radical (unpaired) electrons. The van der Waals surface area contributed by atoms with Crippen molar-refractivity contribution in [3.05, 3.63) is 36.1 Å². The molecule has 2 rings (SSSR count). The van der Waals surface area contributed by atoms with Gasteiger partial charge < -0.3 is 14.3 Å². The zero-order valence-electron chi connectivity index (χ0n) is 8.98. The zero-order valence-corrected chi connectivity index (χ0v) is 8.98. The number of halogens is 2. The molecule has 0 saturated heterocycles. The van der Waals surface area contributed by atoms with E-state index in [2.05, 4.69) is 4.74 Å². The highest BCUT2D eigenvalue weighted by Gasteiger charge is 2.14. The van der Waals surface area contributed by atoms with Gasteiger partial charge >= 0.3 is 0 Å². The molecule has 0 spiro atoms. The monoisotopic (exact) mass is 242 g/mol. The molecular formula is C12H12F2O3. The highest BCUT2D eigenvalue weighted by molar-refractivity contribution is 5.77. The maximum absolute atomic E-state index is 11.8. The van der Waals surface area contributed by atoms with E-state index in [1.807, 2.05) is 18.2 Å². The van der Waals surface area contributed by atoms with Crippen LogP contribution in [-0.2, 0) is 4.74 Å². The van der Waals surface area contributed by atoms with Gasteiger partial charge in [-0.05, 0) is 12.1 Å². The Balaban J connectivity index is 2.01. The second-order valence-corrected chi connectivity index (χ2v) is 3.63. The van der Waals surface area contributed by atoms with Gasteiger partial charge in [0.1, 0.15) is 24.1 Å². The summed E-state index contributed by atoms with van der Waals surface area (Å²) >= 11 is 0. The molecule has 0 aliphatic heterocycles. The van der Waals surface area contributed by atoms with Crippen molar-refractivity contribution < 1.29 is 23.0 Å². The Bertz CT molecular complexity index is 448. The number of fused-ring (bicyclic) bond motifs is 1. The molecule has 92 valence electrons. The zero-order chi connectivity index (χ0) is 12.3. The summed E-state index contributed by atoms with van der Waals surface area (Å²) in [5.41, 5.74) is 0.649. The third-order valence-corrected chi connectivity index (χ3v) is 2.29. The summed E-state index contributed by atoms with van der Waals surface area (Å²) in [6.45, 7) is -0.887. The number of benzene rings is 1. The van der Waals surface area contributed by atoms with Crippen LogP contribution < -0.4 is 0 Å². The lowest BCUT2D eigenvalue weighted by atomic mass is 10.2. The largest absolute Gasteiger partial charge is 0.458 e. The molecule has 0 aliphatic rings. The number of para-hydroxylation sites is 1. The smallest absolute Gasteiger partial charge is 0.261 e. The first kappa shape index (κ1) is 12.0. The molecule has 1 aromatic heterocycles. The summed E-state index contributed by atoms with van der Waals surface area (Å²) in [6.07, 6.45) is -3.56. The Hall–Kier alpha value is -1.46. The van der Waals surface area contributed by atoms with Crippen molar-refractivity contribution in [3.8, 4) is 0 Å². The van der Waals surface area contributed by atoms with E-state index in [1.54, 1.807) is 12.1 Å². The summed E-state index contributed by atoms with van der Waals surface area (Å²) in [5, 5.41) is 10.5. The highest BCUT2D eigenvalue weighted by Crippen LogP contribution is 2.23. The Kier molecular flexibility index (Phi) is 3.71. The Morgan fingerprint density at radius 2 is 2.00 bits per heavy atom. The van der Waals surface area contributed by atoms with E-state index < -0.39 is 19.1 Å². The van der Waals surface area contributed by atoms with Crippen LogP contribution in [0.5, 0.6) is 0 Å². The number of hydrogen-bond acceptors (Lipinski definition) is 3. The molecule has 3 nitrogen and oxygen atoms in total. The first-order chi connectivity index (χ1) is 8.16. The van der Waals surface area contributed by atoms with Crippen LogP contribution >= 0.6 is 0 Å². The number of rotatable bonds is 5. The van der Waals surface area contributed by atoms with Crippen LogP contribution in [0.3, 0.4) is 0 Å². The van der Waals surface area contributed by atoms with E-state index in [0.717, 1.165) is 5.39 Å². The van der Waals surface area contributed by atoms with Crippen molar-refractivity contribution in [1.82, 2.24) is 0 Å². The van der Waals surface area contributed by atoms with E-state index in [-0.39, 0.29) is 6.61 Å². The van der Waals surface area contributed by atoms with Gasteiger partial charge in [-0.2, -0.15) is 0 Å². The Morgan fingerprint density at radius 3 is 2.71 bits per heavy atom. The number of aliphatic hydroxyl groups is 1. The second kappa shape index (κ2) is 5.25. The molecule has 17 heavy (non-hydrogen) atoms. The SMILES string of the molecule is OC(COCC(F)F)c1cc2ccccc2o1. The van der Waals surface area contributed by atoms with Gasteiger partial charge in [0.25, 0.3) is 6.43 Å². The molecule has 0 bridgehead atoms. The molecule has 1 unspecified atom stereocenters. The predicted octanol–water partition coefficient (Wildman–Crippen LogP) is 2.75. The molecule has 0 amide bonds. The van der Waals surface area contributed by atoms with Crippen molar-refractivity contribution in [2.75, 3.05) is 13.2 Å². The van der Waals surface area contributed by atoms with E-state index in [1.165, 1.54) is 0 Å². The van der Waals surface area contributed by atoms with Crippen molar-refractivity contribution in [2.24, 2.45) is 0 Å². The third-order valence-electron chi connectivity index (χ3n) is 2.29. The van der Waals surface area contributed by atoms with Gasteiger partial charge in [-0.3, -0.25) is 0 Å². The van der Waals surface area contributed by atoms with Crippen LogP contribution in [0.2, 0.25) is 0 Å². The van der Waals surface area contributed by atoms with E-state index >= 15 is 0 Å². The fourth-order valence-corrected chi connectivity index (χ4v) is 1.52. The normalized spacial score (nSPS) is 13.4. The van der Waals surface area contributed by atoms with E-state index in [9.17, 15) is 13.9 Å². The summed E-state index contributed by atoms with van der Waals surface area (Å²) in [7, 11) is 0. The molecule has 1 aromatic carbocycles. The van der Waals surface area contributed by atoms with Crippen molar-refractivity contribution >= 4 is 11.0 Å². The molecule has 1 heterocycles. The molecule has 2 aromatic rings. The van der Waals surface area contributed by atoms with Crippen LogP contribution in [0.4, 0.5) is 8.78 Å². The number of ether oxygens (including phenoxy) is 1. The molecule has 1 atom stereocenters. The van der Waals surface area contributed by atoms with Gasteiger partial charge in [0, 0.05) is 5.39 Å². The molecule has 0 aliphatic carbocycles. The Labute approximate surface area is 96.6 Å². The van der Waals surface area contributed by atoms with Gasteiger partial charge in [-0.1, -0.05) is 18.2 Å². The summed E-state index contributed by atoms with van der Waals surface area (Å²) in [6, 6.07) is 8.95. The molecule has 0 saturated carbocycles. The number of hydrogen-bond donors (Lipinski definition) is 1. The van der Waals surface area contributed by atoms with Crippen LogP contribution in [0.1, 0.15) is 11.9 Å². The fourth-order valence-electron chi connectivity index (χ4n) is 1.52. The van der Waals surface area contributed by atoms with E-state index in [0.29, 0.717) is 11.3 Å². The van der Waals surface area contributed by atoms with Crippen molar-refractivity contribution in [3.63, 3.8) is 0 Å². The standard InChI is InChI=1S/C12H12F2O3/c13-12(14)7-16-6-9(15)11-5-8-3-1-2-4-10(8)17-11/h1-5,9,12,15H,6-7H2. The van der Waals surface area contributed by atoms with Crippen LogP contribution in [0.25, 0.3) is 11.0 Å². The van der Waals surface area contributed by atoms with Gasteiger partial charge in [-0.25, -0.2) is 8.78 Å². The highest BCUT2D eigenvalue weighted by atomic mass is 19.3. The molecular weight excluding hydrogens is 230 g/mol. The van der Waals surface area contributed by atoms with E-state index in [4.69, 9.17) is 4.42 Å². The summed E-state index contributed by atoms with van der Waals surface area (Å²) in [4.78, 5) is 0. The van der Waals surface area contributed by atoms with Crippen molar-refractivity contribution in [2.45, 2.75) is 12.5 Å². The Morgan fingerprint density at radius 1 is 1.24 bits per heavy atom. The fraction of sp³-hybridized carbons (Fsp3) is 0.333. The van der Waals surface area contributed by atoms with Gasteiger partial charge in [0.2, 0.25) is 0 Å². The molecule has 0 fully saturated rings. The summed E-state index contributed by atoms with van der Waals surface area (Å²) < 4.78 is 33.7. The number of alkyl halides is 2. The number of furan rings is 1. The third kappa shape index (κ3) is 3.01.